The van der Waals surface area contributed by atoms with E-state index in [9.17, 15) is 9.59 Å². The smallest absolute Gasteiger partial charge is 0.261 e. The minimum Gasteiger partial charge on any atom is -0.351 e. The third kappa shape index (κ3) is 5.73. The second-order valence-electron chi connectivity index (χ2n) is 6.14. The minimum atomic E-state index is -0.564. The lowest BCUT2D eigenvalue weighted by atomic mass is 9.94. The number of thiophene rings is 1. The molecule has 0 fully saturated rings. The van der Waals surface area contributed by atoms with Crippen molar-refractivity contribution in [1.82, 2.24) is 10.6 Å². The highest BCUT2D eigenvalue weighted by Gasteiger charge is 2.23. The molecular formula is C18H20Cl2N2O2S. The number of hydrogen-bond acceptors (Lipinski definition) is 3. The summed E-state index contributed by atoms with van der Waals surface area (Å²) in [6.07, 6.45) is 0.899. The maximum atomic E-state index is 12.2. The van der Waals surface area contributed by atoms with Gasteiger partial charge in [0, 0.05) is 13.0 Å². The molecular weight excluding hydrogens is 379 g/mol. The van der Waals surface area contributed by atoms with Crippen molar-refractivity contribution in [3.63, 3.8) is 0 Å². The molecule has 0 unspecified atom stereocenters. The Kier molecular flexibility index (Phi) is 6.87. The zero-order valence-corrected chi connectivity index (χ0v) is 16.4. The van der Waals surface area contributed by atoms with Crippen LogP contribution in [0.3, 0.4) is 0 Å². The molecule has 4 nitrogen and oxygen atoms in total. The minimum absolute atomic E-state index is 0.0820. The summed E-state index contributed by atoms with van der Waals surface area (Å²) in [5.74, 6) is -0.187. The van der Waals surface area contributed by atoms with Gasteiger partial charge < -0.3 is 10.6 Å². The van der Waals surface area contributed by atoms with Gasteiger partial charge in [0.25, 0.3) is 5.91 Å². The van der Waals surface area contributed by atoms with Crippen molar-refractivity contribution in [3.8, 4) is 0 Å². The van der Waals surface area contributed by atoms with Crippen molar-refractivity contribution in [2.24, 2.45) is 0 Å². The SMILES string of the molecule is CC(C)(NC(=O)CCCNC(=O)c1cccs1)c1ccc(Cl)c(Cl)c1. The molecule has 2 N–H and O–H groups in total. The third-order valence-electron chi connectivity index (χ3n) is 3.70. The van der Waals surface area contributed by atoms with Gasteiger partial charge in [-0.1, -0.05) is 35.3 Å². The molecule has 0 saturated carbocycles. The van der Waals surface area contributed by atoms with Crippen LogP contribution in [0.15, 0.2) is 35.7 Å². The van der Waals surface area contributed by atoms with Gasteiger partial charge >= 0.3 is 0 Å². The summed E-state index contributed by atoms with van der Waals surface area (Å²) in [4.78, 5) is 24.6. The van der Waals surface area contributed by atoms with E-state index in [4.69, 9.17) is 23.2 Å². The molecule has 25 heavy (non-hydrogen) atoms. The van der Waals surface area contributed by atoms with E-state index in [1.807, 2.05) is 31.4 Å². The monoisotopic (exact) mass is 398 g/mol. The maximum Gasteiger partial charge on any atom is 0.261 e. The summed E-state index contributed by atoms with van der Waals surface area (Å²) in [6, 6.07) is 8.92. The van der Waals surface area contributed by atoms with Crippen LogP contribution in [0, 0.1) is 0 Å². The maximum absolute atomic E-state index is 12.2. The fraction of sp³-hybridized carbons (Fsp3) is 0.333. The first-order valence-electron chi connectivity index (χ1n) is 7.88. The Labute approximate surface area is 161 Å². The summed E-state index contributed by atoms with van der Waals surface area (Å²) < 4.78 is 0. The van der Waals surface area contributed by atoms with Gasteiger partial charge in [-0.05, 0) is 49.4 Å². The standard InChI is InChI=1S/C18H20Cl2N2O2S/c1-18(2,12-7-8-13(19)14(20)11-12)22-16(23)6-3-9-21-17(24)15-5-4-10-25-15/h4-5,7-8,10-11H,3,6,9H2,1-2H3,(H,21,24)(H,22,23). The number of carbonyl (C=O) groups is 2. The van der Waals surface area contributed by atoms with E-state index in [2.05, 4.69) is 10.6 Å². The molecule has 0 spiro atoms. The zero-order valence-electron chi connectivity index (χ0n) is 14.1. The fourth-order valence-corrected chi connectivity index (χ4v) is 3.25. The highest BCUT2D eigenvalue weighted by Crippen LogP contribution is 2.28. The molecule has 7 heteroatoms. The summed E-state index contributed by atoms with van der Waals surface area (Å²) in [5, 5.41) is 8.58. The van der Waals surface area contributed by atoms with Crippen molar-refractivity contribution in [2.45, 2.75) is 32.2 Å². The van der Waals surface area contributed by atoms with Crippen molar-refractivity contribution in [3.05, 3.63) is 56.2 Å². The molecule has 0 radical (unpaired) electrons. The molecule has 2 rings (SSSR count). The van der Waals surface area contributed by atoms with Gasteiger partial charge in [-0.25, -0.2) is 0 Å². The van der Waals surface area contributed by atoms with Crippen LogP contribution in [0.2, 0.25) is 10.0 Å². The molecule has 134 valence electrons. The van der Waals surface area contributed by atoms with Crippen LogP contribution in [0.5, 0.6) is 0 Å². The van der Waals surface area contributed by atoms with Crippen molar-refractivity contribution < 1.29 is 9.59 Å². The van der Waals surface area contributed by atoms with Crippen LogP contribution in [-0.4, -0.2) is 18.4 Å². The molecule has 0 bridgehead atoms. The van der Waals surface area contributed by atoms with E-state index in [0.717, 1.165) is 5.56 Å². The average Bonchev–Trinajstić information content (AvgIpc) is 3.08. The Morgan fingerprint density at radius 1 is 1.16 bits per heavy atom. The van der Waals surface area contributed by atoms with E-state index in [1.165, 1.54) is 11.3 Å². The van der Waals surface area contributed by atoms with E-state index >= 15 is 0 Å². The average molecular weight is 399 g/mol. The molecule has 2 aromatic rings. The Hall–Kier alpha value is -1.56. The van der Waals surface area contributed by atoms with Crippen molar-refractivity contribution in [2.75, 3.05) is 6.54 Å². The van der Waals surface area contributed by atoms with Crippen LogP contribution >= 0.6 is 34.5 Å². The normalized spacial score (nSPS) is 11.2. The second kappa shape index (κ2) is 8.70. The summed E-state index contributed by atoms with van der Waals surface area (Å²) in [7, 11) is 0. The van der Waals surface area contributed by atoms with Gasteiger partial charge in [0.1, 0.15) is 0 Å². The molecule has 0 atom stereocenters. The highest BCUT2D eigenvalue weighted by molar-refractivity contribution is 7.12. The van der Waals surface area contributed by atoms with Crippen LogP contribution < -0.4 is 10.6 Å². The Bertz CT molecular complexity index is 746. The Morgan fingerprint density at radius 3 is 2.56 bits per heavy atom. The Morgan fingerprint density at radius 2 is 1.92 bits per heavy atom. The molecule has 1 aromatic heterocycles. The molecule has 0 aliphatic rings. The van der Waals surface area contributed by atoms with Crippen molar-refractivity contribution in [1.29, 1.82) is 0 Å². The predicted octanol–water partition coefficient (Wildman–Crippen LogP) is 4.62. The summed E-state index contributed by atoms with van der Waals surface area (Å²) in [5.41, 5.74) is 0.312. The molecule has 2 amide bonds. The number of hydrogen-bond donors (Lipinski definition) is 2. The van der Waals surface area contributed by atoms with Gasteiger partial charge in [0.2, 0.25) is 5.91 Å². The molecule has 0 aliphatic heterocycles. The molecule has 0 saturated heterocycles. The third-order valence-corrected chi connectivity index (χ3v) is 5.31. The van der Waals surface area contributed by atoms with Gasteiger partial charge in [-0.15, -0.1) is 11.3 Å². The van der Waals surface area contributed by atoms with Crippen LogP contribution in [0.4, 0.5) is 0 Å². The lowest BCUT2D eigenvalue weighted by Crippen LogP contribution is -2.41. The quantitative estimate of drug-likeness (QED) is 0.668. The zero-order chi connectivity index (χ0) is 18.4. The number of benzene rings is 1. The molecule has 1 aromatic carbocycles. The number of carbonyl (C=O) groups excluding carboxylic acids is 2. The first-order chi connectivity index (χ1) is 11.8. The predicted molar refractivity (Wildman–Crippen MR) is 104 cm³/mol. The summed E-state index contributed by atoms with van der Waals surface area (Å²) >= 11 is 13.4. The lowest BCUT2D eigenvalue weighted by molar-refractivity contribution is -0.122. The summed E-state index contributed by atoms with van der Waals surface area (Å²) in [6.45, 7) is 4.27. The first kappa shape index (κ1) is 19.8. The number of halogens is 2. The largest absolute Gasteiger partial charge is 0.351 e. The molecule has 1 heterocycles. The van der Waals surface area contributed by atoms with Gasteiger partial charge in [0.15, 0.2) is 0 Å². The van der Waals surface area contributed by atoms with Gasteiger partial charge in [-0.2, -0.15) is 0 Å². The van der Waals surface area contributed by atoms with E-state index < -0.39 is 5.54 Å². The van der Waals surface area contributed by atoms with E-state index in [-0.39, 0.29) is 11.8 Å². The van der Waals surface area contributed by atoms with Gasteiger partial charge in [0.05, 0.1) is 20.5 Å². The highest BCUT2D eigenvalue weighted by atomic mass is 35.5. The first-order valence-corrected chi connectivity index (χ1v) is 9.51. The number of amides is 2. The van der Waals surface area contributed by atoms with Crippen LogP contribution in [-0.2, 0) is 10.3 Å². The van der Waals surface area contributed by atoms with E-state index in [1.54, 1.807) is 18.2 Å². The van der Waals surface area contributed by atoms with Crippen LogP contribution in [0.25, 0.3) is 0 Å². The Balaban J connectivity index is 1.78. The lowest BCUT2D eigenvalue weighted by Gasteiger charge is -2.27. The van der Waals surface area contributed by atoms with Gasteiger partial charge in [-0.3, -0.25) is 9.59 Å². The number of nitrogens with one attached hydrogen (secondary N) is 2. The number of rotatable bonds is 7. The molecule has 0 aliphatic carbocycles. The van der Waals surface area contributed by atoms with Crippen molar-refractivity contribution >= 4 is 46.4 Å². The second-order valence-corrected chi connectivity index (χ2v) is 7.90. The van der Waals surface area contributed by atoms with Crippen LogP contribution in [0.1, 0.15) is 41.9 Å². The fourth-order valence-electron chi connectivity index (χ4n) is 2.31. The topological polar surface area (TPSA) is 58.2 Å². The van der Waals surface area contributed by atoms with E-state index in [0.29, 0.717) is 34.3 Å².